The third-order valence-corrected chi connectivity index (χ3v) is 3.31. The third-order valence-electron chi connectivity index (χ3n) is 3.31. The molecule has 1 amide bonds. The first kappa shape index (κ1) is 15.0. The van der Waals surface area contributed by atoms with Crippen LogP contribution in [0.25, 0.3) is 0 Å². The van der Waals surface area contributed by atoms with Crippen molar-refractivity contribution in [2.24, 2.45) is 5.92 Å². The summed E-state index contributed by atoms with van der Waals surface area (Å²) >= 11 is 0. The zero-order valence-electron chi connectivity index (χ0n) is 10.7. The van der Waals surface area contributed by atoms with Crippen molar-refractivity contribution >= 4 is 24.0 Å². The smallest absolute Gasteiger partial charge is 0.227 e. The Morgan fingerprint density at radius 2 is 2.11 bits per heavy atom. The van der Waals surface area contributed by atoms with E-state index in [1.165, 1.54) is 5.56 Å². The normalized spacial score (nSPS) is 15.8. The molecule has 4 heteroatoms. The molecule has 1 aromatic rings. The third kappa shape index (κ3) is 4.00. The average Bonchev–Trinajstić information content (AvgIpc) is 2.40. The monoisotopic (exact) mass is 268 g/mol. The molecule has 0 unspecified atom stereocenters. The molecule has 0 atom stereocenters. The summed E-state index contributed by atoms with van der Waals surface area (Å²) in [6.07, 6.45) is 2.88. The van der Waals surface area contributed by atoms with Gasteiger partial charge in [0.15, 0.2) is 0 Å². The van der Waals surface area contributed by atoms with E-state index in [2.05, 4.69) is 29.7 Å². The van der Waals surface area contributed by atoms with Crippen molar-refractivity contribution < 1.29 is 4.79 Å². The Hall–Kier alpha value is -1.06. The number of piperidine rings is 1. The van der Waals surface area contributed by atoms with Crippen LogP contribution in [-0.2, 0) is 11.2 Å². The van der Waals surface area contributed by atoms with Gasteiger partial charge in [-0.3, -0.25) is 4.79 Å². The van der Waals surface area contributed by atoms with Crippen molar-refractivity contribution in [2.45, 2.75) is 26.2 Å². The molecule has 1 aromatic carbocycles. The number of carbonyl (C=O) groups excluding carboxylic acids is 1. The van der Waals surface area contributed by atoms with Crippen LogP contribution in [0, 0.1) is 5.92 Å². The number of halogens is 1. The lowest BCUT2D eigenvalue weighted by molar-refractivity contribution is -0.120. The molecule has 1 heterocycles. The first-order valence-corrected chi connectivity index (χ1v) is 6.40. The summed E-state index contributed by atoms with van der Waals surface area (Å²) in [5, 5.41) is 6.29. The van der Waals surface area contributed by atoms with E-state index in [9.17, 15) is 4.79 Å². The van der Waals surface area contributed by atoms with Crippen LogP contribution in [0.2, 0.25) is 0 Å². The fourth-order valence-electron chi connectivity index (χ4n) is 2.20. The summed E-state index contributed by atoms with van der Waals surface area (Å²) in [4.78, 5) is 12.0. The number of nitrogens with one attached hydrogen (secondary N) is 2. The molecule has 18 heavy (non-hydrogen) atoms. The van der Waals surface area contributed by atoms with E-state index in [-0.39, 0.29) is 24.2 Å². The van der Waals surface area contributed by atoms with E-state index in [0.29, 0.717) is 0 Å². The topological polar surface area (TPSA) is 41.1 Å². The van der Waals surface area contributed by atoms with Gasteiger partial charge in [-0.1, -0.05) is 19.1 Å². The van der Waals surface area contributed by atoms with E-state index < -0.39 is 0 Å². The van der Waals surface area contributed by atoms with Crippen LogP contribution in [0.3, 0.4) is 0 Å². The first-order valence-electron chi connectivity index (χ1n) is 6.40. The summed E-state index contributed by atoms with van der Waals surface area (Å²) in [6, 6.07) is 8.09. The number of hydrogen-bond donors (Lipinski definition) is 2. The molecule has 2 N–H and O–H groups in total. The molecule has 1 saturated heterocycles. The zero-order valence-corrected chi connectivity index (χ0v) is 11.6. The van der Waals surface area contributed by atoms with Gasteiger partial charge in [-0.15, -0.1) is 12.4 Å². The summed E-state index contributed by atoms with van der Waals surface area (Å²) in [7, 11) is 0. The second-order valence-corrected chi connectivity index (χ2v) is 4.57. The highest BCUT2D eigenvalue weighted by molar-refractivity contribution is 5.92. The number of carbonyl (C=O) groups is 1. The van der Waals surface area contributed by atoms with E-state index in [1.54, 1.807) is 0 Å². The molecule has 3 nitrogen and oxygen atoms in total. The Kier molecular flexibility index (Phi) is 6.16. The van der Waals surface area contributed by atoms with Crippen molar-refractivity contribution in [3.05, 3.63) is 29.8 Å². The minimum atomic E-state index is 0. The van der Waals surface area contributed by atoms with Crippen LogP contribution >= 0.6 is 12.4 Å². The lowest BCUT2D eigenvalue weighted by Gasteiger charge is -2.21. The summed E-state index contributed by atoms with van der Waals surface area (Å²) in [5.74, 6) is 0.335. The molecule has 1 fully saturated rings. The summed E-state index contributed by atoms with van der Waals surface area (Å²) < 4.78 is 0. The number of hydrogen-bond acceptors (Lipinski definition) is 2. The maximum atomic E-state index is 12.0. The highest BCUT2D eigenvalue weighted by Crippen LogP contribution is 2.16. The standard InChI is InChI=1S/C14H20N2O.ClH/c1-2-11-4-3-5-13(10-11)16-14(17)12-6-8-15-9-7-12;/h3-5,10,12,15H,2,6-9H2,1H3,(H,16,17);1H. The largest absolute Gasteiger partial charge is 0.326 e. The summed E-state index contributed by atoms with van der Waals surface area (Å²) in [5.41, 5.74) is 2.18. The van der Waals surface area contributed by atoms with Gasteiger partial charge in [-0.2, -0.15) is 0 Å². The van der Waals surface area contributed by atoms with E-state index in [4.69, 9.17) is 0 Å². The van der Waals surface area contributed by atoms with Gasteiger partial charge < -0.3 is 10.6 Å². The molecule has 0 spiro atoms. The number of amides is 1. The van der Waals surface area contributed by atoms with Crippen LogP contribution in [-0.4, -0.2) is 19.0 Å². The highest BCUT2D eigenvalue weighted by atomic mass is 35.5. The van der Waals surface area contributed by atoms with Gasteiger partial charge in [0.25, 0.3) is 0 Å². The number of benzene rings is 1. The maximum Gasteiger partial charge on any atom is 0.227 e. The fourth-order valence-corrected chi connectivity index (χ4v) is 2.20. The van der Waals surface area contributed by atoms with Crippen LogP contribution in [0.5, 0.6) is 0 Å². The molecule has 1 aliphatic rings. The van der Waals surface area contributed by atoms with Crippen molar-refractivity contribution in [1.82, 2.24) is 5.32 Å². The van der Waals surface area contributed by atoms with E-state index >= 15 is 0 Å². The Balaban J connectivity index is 0.00000162. The molecule has 100 valence electrons. The quantitative estimate of drug-likeness (QED) is 0.885. The summed E-state index contributed by atoms with van der Waals surface area (Å²) in [6.45, 7) is 4.02. The maximum absolute atomic E-state index is 12.0. The molecule has 0 saturated carbocycles. The van der Waals surface area contributed by atoms with E-state index in [1.807, 2.05) is 12.1 Å². The van der Waals surface area contributed by atoms with Gasteiger partial charge in [0.05, 0.1) is 0 Å². The van der Waals surface area contributed by atoms with Gasteiger partial charge in [0, 0.05) is 11.6 Å². The number of anilines is 1. The lowest BCUT2D eigenvalue weighted by atomic mass is 9.97. The van der Waals surface area contributed by atoms with Gasteiger partial charge in [-0.05, 0) is 50.0 Å². The predicted octanol–water partition coefficient (Wildman–Crippen LogP) is 2.61. The minimum Gasteiger partial charge on any atom is -0.326 e. The van der Waals surface area contributed by atoms with Crippen LogP contribution < -0.4 is 10.6 Å². The molecule has 2 rings (SSSR count). The second-order valence-electron chi connectivity index (χ2n) is 4.57. The number of aryl methyl sites for hydroxylation is 1. The van der Waals surface area contributed by atoms with Crippen molar-refractivity contribution in [3.8, 4) is 0 Å². The van der Waals surface area contributed by atoms with Crippen molar-refractivity contribution in [3.63, 3.8) is 0 Å². The molecule has 0 radical (unpaired) electrons. The fraction of sp³-hybridized carbons (Fsp3) is 0.500. The molecule has 0 aliphatic carbocycles. The van der Waals surface area contributed by atoms with Gasteiger partial charge in [-0.25, -0.2) is 0 Å². The molecular weight excluding hydrogens is 248 g/mol. The predicted molar refractivity (Wildman–Crippen MR) is 77.3 cm³/mol. The van der Waals surface area contributed by atoms with Gasteiger partial charge in [0.1, 0.15) is 0 Å². The molecule has 1 aliphatic heterocycles. The Morgan fingerprint density at radius 1 is 1.39 bits per heavy atom. The zero-order chi connectivity index (χ0) is 12.1. The number of rotatable bonds is 3. The lowest BCUT2D eigenvalue weighted by Crippen LogP contribution is -2.34. The van der Waals surface area contributed by atoms with Gasteiger partial charge >= 0.3 is 0 Å². The van der Waals surface area contributed by atoms with E-state index in [0.717, 1.165) is 38.0 Å². The Labute approximate surface area is 115 Å². The highest BCUT2D eigenvalue weighted by Gasteiger charge is 2.20. The second kappa shape index (κ2) is 7.39. The minimum absolute atomic E-state index is 0. The molecular formula is C14H21ClN2O. The Morgan fingerprint density at radius 3 is 2.78 bits per heavy atom. The molecule has 0 aromatic heterocycles. The Bertz CT molecular complexity index is 389. The van der Waals surface area contributed by atoms with Crippen LogP contribution in [0.1, 0.15) is 25.3 Å². The first-order chi connectivity index (χ1) is 8.29. The van der Waals surface area contributed by atoms with Gasteiger partial charge in [0.2, 0.25) is 5.91 Å². The van der Waals surface area contributed by atoms with Crippen LogP contribution in [0.15, 0.2) is 24.3 Å². The average molecular weight is 269 g/mol. The SMILES string of the molecule is CCc1cccc(NC(=O)C2CCNCC2)c1.Cl. The van der Waals surface area contributed by atoms with Crippen molar-refractivity contribution in [1.29, 1.82) is 0 Å². The van der Waals surface area contributed by atoms with Crippen LogP contribution in [0.4, 0.5) is 5.69 Å². The van der Waals surface area contributed by atoms with Crippen molar-refractivity contribution in [2.75, 3.05) is 18.4 Å². The molecule has 0 bridgehead atoms.